The Kier molecular flexibility index (Phi) is 3.79. The van der Waals surface area contributed by atoms with Crippen LogP contribution in [0.1, 0.15) is 11.3 Å². The van der Waals surface area contributed by atoms with Crippen molar-refractivity contribution in [2.45, 2.75) is 13.0 Å². The molecule has 2 aromatic heterocycles. The highest BCUT2D eigenvalue weighted by Crippen LogP contribution is 2.36. The molecule has 0 unspecified atom stereocenters. The number of nitrogens with one attached hydrogen (secondary N) is 1. The van der Waals surface area contributed by atoms with Gasteiger partial charge in [-0.3, -0.25) is 10.1 Å². The maximum Gasteiger partial charge on any atom is 0.270 e. The fourth-order valence-electron chi connectivity index (χ4n) is 2.85. The van der Waals surface area contributed by atoms with E-state index in [0.29, 0.717) is 22.8 Å². The van der Waals surface area contributed by atoms with Crippen LogP contribution in [0, 0.1) is 10.1 Å². The lowest BCUT2D eigenvalue weighted by atomic mass is 10.0. The molecule has 0 atom stereocenters. The third-order valence-corrected chi connectivity index (χ3v) is 5.02. The third kappa shape index (κ3) is 2.48. The van der Waals surface area contributed by atoms with E-state index < -0.39 is 4.92 Å². The minimum Gasteiger partial charge on any atom is -0.312 e. The molecular formula is C15H12ClN5O2S. The van der Waals surface area contributed by atoms with E-state index >= 15 is 0 Å². The topological polar surface area (TPSA) is 85.9 Å². The molecule has 0 saturated carbocycles. The number of thiazole rings is 1. The number of halogens is 1. The van der Waals surface area contributed by atoms with Crippen molar-refractivity contribution in [3.05, 3.63) is 56.2 Å². The molecule has 3 heterocycles. The minimum absolute atomic E-state index is 0.00397. The Bertz CT molecular complexity index is 922. The lowest BCUT2D eigenvalue weighted by molar-refractivity contribution is -0.384. The van der Waals surface area contributed by atoms with Gasteiger partial charge in [-0.15, -0.1) is 11.3 Å². The summed E-state index contributed by atoms with van der Waals surface area (Å²) in [7, 11) is 0. The van der Waals surface area contributed by atoms with Gasteiger partial charge >= 0.3 is 0 Å². The Labute approximate surface area is 146 Å². The molecule has 0 radical (unpaired) electrons. The predicted octanol–water partition coefficient (Wildman–Crippen LogP) is 3.20. The molecule has 7 nitrogen and oxygen atoms in total. The van der Waals surface area contributed by atoms with Crippen LogP contribution >= 0.6 is 22.9 Å². The highest BCUT2D eigenvalue weighted by Gasteiger charge is 2.25. The molecule has 1 aliphatic rings. The van der Waals surface area contributed by atoms with Crippen molar-refractivity contribution in [2.24, 2.45) is 0 Å². The smallest absolute Gasteiger partial charge is 0.270 e. The van der Waals surface area contributed by atoms with Crippen molar-refractivity contribution >= 4 is 28.6 Å². The second kappa shape index (κ2) is 5.97. The second-order valence-electron chi connectivity index (χ2n) is 5.35. The van der Waals surface area contributed by atoms with E-state index in [1.165, 1.54) is 23.5 Å². The standard InChI is InChI=1S/C15H12ClN5O2S/c16-12-2-1-9(21(22)23)7-10(12)14-11-8-17-4-3-13(11)20(19-14)15-18-5-6-24-15/h1-2,5-7,17H,3-4,8H2. The summed E-state index contributed by atoms with van der Waals surface area (Å²) in [5.41, 5.74) is 3.32. The van der Waals surface area contributed by atoms with Gasteiger partial charge in [0.2, 0.25) is 5.13 Å². The number of non-ortho nitro benzene ring substituents is 1. The van der Waals surface area contributed by atoms with Crippen molar-refractivity contribution in [2.75, 3.05) is 6.54 Å². The number of fused-ring (bicyclic) bond motifs is 1. The van der Waals surface area contributed by atoms with Crippen LogP contribution < -0.4 is 5.32 Å². The van der Waals surface area contributed by atoms with E-state index in [1.807, 2.05) is 10.1 Å². The maximum atomic E-state index is 11.1. The summed E-state index contributed by atoms with van der Waals surface area (Å²) in [5.74, 6) is 0. The second-order valence-corrected chi connectivity index (χ2v) is 6.63. The van der Waals surface area contributed by atoms with E-state index in [9.17, 15) is 10.1 Å². The lowest BCUT2D eigenvalue weighted by Gasteiger charge is -2.15. The molecule has 1 aromatic carbocycles. The van der Waals surface area contributed by atoms with Crippen LogP contribution in [-0.2, 0) is 13.0 Å². The summed E-state index contributed by atoms with van der Waals surface area (Å²) in [6.07, 6.45) is 2.55. The molecule has 24 heavy (non-hydrogen) atoms. The van der Waals surface area contributed by atoms with E-state index in [0.717, 1.165) is 29.4 Å². The normalized spacial score (nSPS) is 13.7. The summed E-state index contributed by atoms with van der Waals surface area (Å²) in [4.78, 5) is 15.0. The molecule has 3 aromatic rings. The number of aromatic nitrogens is 3. The van der Waals surface area contributed by atoms with Crippen LogP contribution in [-0.4, -0.2) is 26.2 Å². The quantitative estimate of drug-likeness (QED) is 0.572. The van der Waals surface area contributed by atoms with Gasteiger partial charge in [-0.25, -0.2) is 9.67 Å². The molecule has 1 N–H and O–H groups in total. The lowest BCUT2D eigenvalue weighted by Crippen LogP contribution is -2.24. The van der Waals surface area contributed by atoms with Crippen molar-refractivity contribution in [1.29, 1.82) is 0 Å². The Balaban J connectivity index is 1.93. The number of nitro groups is 1. The van der Waals surface area contributed by atoms with Crippen LogP contribution in [0.4, 0.5) is 5.69 Å². The summed E-state index contributed by atoms with van der Waals surface area (Å²) in [6.45, 7) is 1.50. The number of nitro benzene ring substituents is 1. The van der Waals surface area contributed by atoms with Crippen LogP contribution in [0.25, 0.3) is 16.4 Å². The molecular weight excluding hydrogens is 350 g/mol. The number of benzene rings is 1. The molecule has 0 bridgehead atoms. The molecule has 0 spiro atoms. The van der Waals surface area contributed by atoms with Gasteiger partial charge in [-0.2, -0.15) is 5.10 Å². The molecule has 0 saturated heterocycles. The summed E-state index contributed by atoms with van der Waals surface area (Å²) < 4.78 is 1.82. The molecule has 9 heteroatoms. The number of hydrogen-bond donors (Lipinski definition) is 1. The monoisotopic (exact) mass is 361 g/mol. The van der Waals surface area contributed by atoms with Crippen molar-refractivity contribution < 1.29 is 4.92 Å². The molecule has 0 aliphatic carbocycles. The van der Waals surface area contributed by atoms with Crippen molar-refractivity contribution in [1.82, 2.24) is 20.1 Å². The van der Waals surface area contributed by atoms with Crippen molar-refractivity contribution in [3.63, 3.8) is 0 Å². The van der Waals surface area contributed by atoms with Crippen LogP contribution in [0.15, 0.2) is 29.8 Å². The Morgan fingerprint density at radius 3 is 3.04 bits per heavy atom. The minimum atomic E-state index is -0.428. The zero-order valence-corrected chi connectivity index (χ0v) is 14.0. The Morgan fingerprint density at radius 2 is 2.29 bits per heavy atom. The Morgan fingerprint density at radius 1 is 1.42 bits per heavy atom. The molecule has 122 valence electrons. The highest BCUT2D eigenvalue weighted by atomic mass is 35.5. The first-order valence-electron chi connectivity index (χ1n) is 7.31. The van der Waals surface area contributed by atoms with E-state index in [4.69, 9.17) is 11.6 Å². The molecule has 0 fully saturated rings. The number of rotatable bonds is 3. The van der Waals surface area contributed by atoms with Gasteiger partial charge in [0.05, 0.1) is 21.3 Å². The largest absolute Gasteiger partial charge is 0.312 e. The van der Waals surface area contributed by atoms with E-state index in [-0.39, 0.29) is 5.69 Å². The maximum absolute atomic E-state index is 11.1. The predicted molar refractivity (Wildman–Crippen MR) is 91.7 cm³/mol. The van der Waals surface area contributed by atoms with Gasteiger partial charge in [-0.05, 0) is 6.07 Å². The van der Waals surface area contributed by atoms with Gasteiger partial charge < -0.3 is 5.32 Å². The SMILES string of the molecule is O=[N+]([O-])c1ccc(Cl)c(-c2nn(-c3nccs3)c3c2CNCC3)c1. The summed E-state index contributed by atoms with van der Waals surface area (Å²) in [6, 6.07) is 4.42. The average Bonchev–Trinajstić information content (AvgIpc) is 3.22. The fraction of sp³-hybridized carbons (Fsp3) is 0.200. The number of nitrogens with zero attached hydrogens (tertiary/aromatic N) is 4. The molecule has 0 amide bonds. The fourth-order valence-corrected chi connectivity index (χ4v) is 3.67. The van der Waals surface area contributed by atoms with Crippen molar-refractivity contribution in [3.8, 4) is 16.4 Å². The first kappa shape index (κ1) is 15.3. The van der Waals surface area contributed by atoms with E-state index in [1.54, 1.807) is 12.3 Å². The Hall–Kier alpha value is -2.29. The van der Waals surface area contributed by atoms with Gasteiger partial charge in [0.1, 0.15) is 0 Å². The van der Waals surface area contributed by atoms with E-state index in [2.05, 4.69) is 15.4 Å². The first-order valence-corrected chi connectivity index (χ1v) is 8.56. The van der Waals surface area contributed by atoms with Gasteiger partial charge in [0.15, 0.2) is 0 Å². The summed E-state index contributed by atoms with van der Waals surface area (Å²) >= 11 is 7.80. The zero-order valence-electron chi connectivity index (χ0n) is 12.4. The van der Waals surface area contributed by atoms with Gasteiger partial charge in [-0.1, -0.05) is 11.6 Å². The zero-order chi connectivity index (χ0) is 16.7. The van der Waals surface area contributed by atoms with Gasteiger partial charge in [0.25, 0.3) is 5.69 Å². The first-order chi connectivity index (χ1) is 11.6. The van der Waals surface area contributed by atoms with Crippen LogP contribution in [0.5, 0.6) is 0 Å². The number of hydrogen-bond acceptors (Lipinski definition) is 6. The summed E-state index contributed by atoms with van der Waals surface area (Å²) in [5, 5.41) is 22.2. The van der Waals surface area contributed by atoms with Crippen LogP contribution in [0.2, 0.25) is 5.02 Å². The average molecular weight is 362 g/mol. The van der Waals surface area contributed by atoms with Crippen LogP contribution in [0.3, 0.4) is 0 Å². The molecule has 4 rings (SSSR count). The third-order valence-electron chi connectivity index (χ3n) is 3.95. The highest BCUT2D eigenvalue weighted by molar-refractivity contribution is 7.12. The molecule has 1 aliphatic heterocycles. The van der Waals surface area contributed by atoms with Gasteiger partial charge in [0, 0.05) is 54.3 Å².